The highest BCUT2D eigenvalue weighted by Crippen LogP contribution is 2.31. The topological polar surface area (TPSA) is 42.7 Å². The van der Waals surface area contributed by atoms with Gasteiger partial charge in [-0.2, -0.15) is 0 Å². The number of rotatable bonds is 5. The van der Waals surface area contributed by atoms with Crippen LogP contribution in [0.25, 0.3) is 0 Å². The zero-order chi connectivity index (χ0) is 14.5. The van der Waals surface area contributed by atoms with Crippen LogP contribution in [0.5, 0.6) is 0 Å². The van der Waals surface area contributed by atoms with Crippen LogP contribution in [-0.2, 0) is 6.54 Å². The summed E-state index contributed by atoms with van der Waals surface area (Å²) in [7, 11) is 0. The molecule has 0 saturated heterocycles. The smallest absolute Gasteiger partial charge is 0.111 e. The van der Waals surface area contributed by atoms with E-state index < -0.39 is 0 Å². The molecule has 0 unspecified atom stereocenters. The predicted molar refractivity (Wildman–Crippen MR) is 85.5 cm³/mol. The molecule has 1 aliphatic rings. The molecule has 21 heavy (non-hydrogen) atoms. The molecule has 0 aromatic carbocycles. The van der Waals surface area contributed by atoms with Crippen LogP contribution >= 0.6 is 0 Å². The zero-order valence-electron chi connectivity index (χ0n) is 12.8. The van der Waals surface area contributed by atoms with E-state index in [-0.39, 0.29) is 0 Å². The third-order valence-corrected chi connectivity index (χ3v) is 4.41. The van der Waals surface area contributed by atoms with Crippen LogP contribution in [0.3, 0.4) is 0 Å². The van der Waals surface area contributed by atoms with Crippen LogP contribution in [0.2, 0.25) is 0 Å². The summed E-state index contributed by atoms with van der Waals surface area (Å²) >= 11 is 0. The largest absolute Gasteiger partial charge is 0.383 e. The van der Waals surface area contributed by atoms with Crippen LogP contribution in [0.15, 0.2) is 30.9 Å². The molecule has 4 heteroatoms. The van der Waals surface area contributed by atoms with Crippen molar-refractivity contribution in [3.8, 4) is 0 Å². The number of nitrogens with one attached hydrogen (secondary N) is 1. The molecule has 1 saturated carbocycles. The van der Waals surface area contributed by atoms with E-state index in [9.17, 15) is 0 Å². The van der Waals surface area contributed by atoms with Crippen LogP contribution in [0.1, 0.15) is 49.4 Å². The van der Waals surface area contributed by atoms with Crippen LogP contribution in [0.4, 0.5) is 5.69 Å². The van der Waals surface area contributed by atoms with Gasteiger partial charge in [0.15, 0.2) is 0 Å². The SMILES string of the molecule is Cc1cnccc1NCCn1ccnc1C1CCCCC1. The van der Waals surface area contributed by atoms with E-state index in [0.717, 1.165) is 13.1 Å². The number of nitrogens with zero attached hydrogens (tertiary/aromatic N) is 3. The molecule has 2 heterocycles. The van der Waals surface area contributed by atoms with Gasteiger partial charge in [0.25, 0.3) is 0 Å². The van der Waals surface area contributed by atoms with Gasteiger partial charge in [-0.1, -0.05) is 19.3 Å². The van der Waals surface area contributed by atoms with Crippen molar-refractivity contribution >= 4 is 5.69 Å². The Bertz CT molecular complexity index is 570. The Morgan fingerprint density at radius 2 is 2.10 bits per heavy atom. The highest BCUT2D eigenvalue weighted by Gasteiger charge is 2.19. The van der Waals surface area contributed by atoms with Gasteiger partial charge in [0.05, 0.1) is 0 Å². The lowest BCUT2D eigenvalue weighted by molar-refractivity contribution is 0.416. The van der Waals surface area contributed by atoms with Gasteiger partial charge in [-0.25, -0.2) is 4.98 Å². The van der Waals surface area contributed by atoms with Gasteiger partial charge in [0.1, 0.15) is 5.82 Å². The third kappa shape index (κ3) is 3.43. The first-order chi connectivity index (χ1) is 10.3. The van der Waals surface area contributed by atoms with Crippen molar-refractivity contribution in [2.24, 2.45) is 0 Å². The molecule has 1 N–H and O–H groups in total. The standard InChI is InChI=1S/C17H24N4/c1-14-13-18-8-7-16(14)19-9-11-21-12-10-20-17(21)15-5-3-2-4-6-15/h7-8,10,12-13,15H,2-6,9,11H2,1H3,(H,18,19). The molecule has 2 aromatic rings. The molecule has 3 rings (SSSR count). The molecule has 1 aliphatic carbocycles. The van der Waals surface area contributed by atoms with E-state index >= 15 is 0 Å². The minimum absolute atomic E-state index is 0.663. The summed E-state index contributed by atoms with van der Waals surface area (Å²) in [6.07, 6.45) is 14.5. The maximum atomic E-state index is 4.61. The lowest BCUT2D eigenvalue weighted by Gasteiger charge is -2.22. The van der Waals surface area contributed by atoms with Crippen molar-refractivity contribution in [3.05, 3.63) is 42.2 Å². The fraction of sp³-hybridized carbons (Fsp3) is 0.529. The summed E-state index contributed by atoms with van der Waals surface area (Å²) in [6, 6.07) is 2.03. The van der Waals surface area contributed by atoms with Crippen molar-refractivity contribution in [1.82, 2.24) is 14.5 Å². The molecule has 0 radical (unpaired) electrons. The molecular weight excluding hydrogens is 260 g/mol. The van der Waals surface area contributed by atoms with E-state index in [2.05, 4.69) is 33.0 Å². The second-order valence-corrected chi connectivity index (χ2v) is 5.93. The van der Waals surface area contributed by atoms with Gasteiger partial charge in [-0.05, 0) is 31.4 Å². The molecule has 112 valence electrons. The molecule has 0 bridgehead atoms. The van der Waals surface area contributed by atoms with Crippen molar-refractivity contribution in [2.45, 2.75) is 51.5 Å². The zero-order valence-corrected chi connectivity index (χ0v) is 12.8. The summed E-state index contributed by atoms with van der Waals surface area (Å²) < 4.78 is 2.32. The minimum Gasteiger partial charge on any atom is -0.383 e. The Labute approximate surface area is 126 Å². The Morgan fingerprint density at radius 3 is 2.90 bits per heavy atom. The van der Waals surface area contributed by atoms with E-state index in [1.165, 1.54) is 49.2 Å². The van der Waals surface area contributed by atoms with Gasteiger partial charge in [-0.15, -0.1) is 0 Å². The van der Waals surface area contributed by atoms with Gasteiger partial charge in [0, 0.05) is 49.5 Å². The maximum absolute atomic E-state index is 4.61. The molecule has 1 fully saturated rings. The van der Waals surface area contributed by atoms with Crippen molar-refractivity contribution in [3.63, 3.8) is 0 Å². The number of pyridine rings is 1. The van der Waals surface area contributed by atoms with Crippen molar-refractivity contribution < 1.29 is 0 Å². The van der Waals surface area contributed by atoms with Gasteiger partial charge in [0.2, 0.25) is 0 Å². The van der Waals surface area contributed by atoms with E-state index in [0.29, 0.717) is 5.92 Å². The highest BCUT2D eigenvalue weighted by molar-refractivity contribution is 5.48. The first-order valence-corrected chi connectivity index (χ1v) is 8.00. The monoisotopic (exact) mass is 284 g/mol. The number of hydrogen-bond acceptors (Lipinski definition) is 3. The lowest BCUT2D eigenvalue weighted by atomic mass is 9.88. The summed E-state index contributed by atoms with van der Waals surface area (Å²) in [5.41, 5.74) is 2.36. The van der Waals surface area contributed by atoms with Gasteiger partial charge < -0.3 is 9.88 Å². The second-order valence-electron chi connectivity index (χ2n) is 5.93. The highest BCUT2D eigenvalue weighted by atomic mass is 15.1. The molecule has 2 aromatic heterocycles. The average Bonchev–Trinajstić information content (AvgIpc) is 2.99. The van der Waals surface area contributed by atoms with Gasteiger partial charge in [-0.3, -0.25) is 4.98 Å². The molecule has 0 amide bonds. The first-order valence-electron chi connectivity index (χ1n) is 8.00. The summed E-state index contributed by atoms with van der Waals surface area (Å²) in [4.78, 5) is 8.73. The number of hydrogen-bond donors (Lipinski definition) is 1. The quantitative estimate of drug-likeness (QED) is 0.909. The fourth-order valence-electron chi connectivity index (χ4n) is 3.21. The molecule has 0 aliphatic heterocycles. The molecule has 0 spiro atoms. The van der Waals surface area contributed by atoms with E-state index in [1.54, 1.807) is 0 Å². The second kappa shape index (κ2) is 6.74. The summed E-state index contributed by atoms with van der Waals surface area (Å²) in [5.74, 6) is 1.94. The van der Waals surface area contributed by atoms with E-state index in [4.69, 9.17) is 0 Å². The average molecular weight is 284 g/mol. The fourth-order valence-corrected chi connectivity index (χ4v) is 3.21. The number of aromatic nitrogens is 3. The minimum atomic E-state index is 0.663. The number of aryl methyl sites for hydroxylation is 1. The maximum Gasteiger partial charge on any atom is 0.111 e. The summed E-state index contributed by atoms with van der Waals surface area (Å²) in [6.45, 7) is 3.97. The molecule has 0 atom stereocenters. The predicted octanol–water partition coefficient (Wildman–Crippen LogP) is 3.75. The van der Waals surface area contributed by atoms with Crippen molar-refractivity contribution in [1.29, 1.82) is 0 Å². The molecular formula is C17H24N4. The first kappa shape index (κ1) is 14.1. The number of imidazole rings is 1. The Hall–Kier alpha value is -1.84. The van der Waals surface area contributed by atoms with Crippen LogP contribution in [-0.4, -0.2) is 21.1 Å². The van der Waals surface area contributed by atoms with Crippen molar-refractivity contribution in [2.75, 3.05) is 11.9 Å². The third-order valence-electron chi connectivity index (χ3n) is 4.41. The van der Waals surface area contributed by atoms with Crippen LogP contribution < -0.4 is 5.32 Å². The summed E-state index contributed by atoms with van der Waals surface area (Å²) in [5, 5.41) is 3.49. The van der Waals surface area contributed by atoms with Crippen LogP contribution in [0, 0.1) is 6.92 Å². The Balaban J connectivity index is 1.58. The number of anilines is 1. The van der Waals surface area contributed by atoms with E-state index in [1.807, 2.05) is 24.7 Å². The molecule has 4 nitrogen and oxygen atoms in total. The Morgan fingerprint density at radius 1 is 1.24 bits per heavy atom. The Kier molecular flexibility index (Phi) is 4.53. The normalized spacial score (nSPS) is 16.0. The lowest BCUT2D eigenvalue weighted by Crippen LogP contribution is -2.16. The van der Waals surface area contributed by atoms with Gasteiger partial charge >= 0.3 is 0 Å².